The lowest BCUT2D eigenvalue weighted by molar-refractivity contribution is -0.132. The molecular formula is C16H26BrN5O. The number of carbonyl (C=O) groups is 1. The Morgan fingerprint density at radius 2 is 2.30 bits per heavy atom. The SMILES string of the molecule is CCN1CCC1C(=O)NC(C)(C)CCCNc1ncncc1Br. The van der Waals surface area contributed by atoms with Crippen LogP contribution in [0.4, 0.5) is 5.82 Å². The minimum Gasteiger partial charge on any atom is -0.369 e. The van der Waals surface area contributed by atoms with Gasteiger partial charge < -0.3 is 10.6 Å². The summed E-state index contributed by atoms with van der Waals surface area (Å²) in [6.07, 6.45) is 6.07. The maximum atomic E-state index is 12.3. The third-order valence-electron chi connectivity index (χ3n) is 4.24. The van der Waals surface area contributed by atoms with Crippen LogP contribution in [0.3, 0.4) is 0 Å². The summed E-state index contributed by atoms with van der Waals surface area (Å²) in [5.41, 5.74) is -0.198. The van der Waals surface area contributed by atoms with Gasteiger partial charge in [-0.25, -0.2) is 9.97 Å². The molecule has 0 aromatic carbocycles. The molecule has 1 aliphatic rings. The highest BCUT2D eigenvalue weighted by Crippen LogP contribution is 2.20. The van der Waals surface area contributed by atoms with E-state index in [0.29, 0.717) is 0 Å². The minimum absolute atomic E-state index is 0.0642. The third-order valence-corrected chi connectivity index (χ3v) is 4.82. The second-order valence-electron chi connectivity index (χ2n) is 6.56. The van der Waals surface area contributed by atoms with Gasteiger partial charge in [0, 0.05) is 24.8 Å². The van der Waals surface area contributed by atoms with Crippen LogP contribution in [-0.2, 0) is 4.79 Å². The van der Waals surface area contributed by atoms with Crippen LogP contribution in [0.15, 0.2) is 17.0 Å². The van der Waals surface area contributed by atoms with Crippen molar-refractivity contribution in [3.05, 3.63) is 17.0 Å². The highest BCUT2D eigenvalue weighted by Gasteiger charge is 2.34. The Bertz CT molecular complexity index is 535. The molecule has 7 heteroatoms. The first-order chi connectivity index (χ1) is 10.9. The number of nitrogens with zero attached hydrogens (tertiary/aromatic N) is 3. The summed E-state index contributed by atoms with van der Waals surface area (Å²) in [5, 5.41) is 6.47. The van der Waals surface area contributed by atoms with Gasteiger partial charge in [-0.15, -0.1) is 0 Å². The number of likely N-dealkylation sites (N-methyl/N-ethyl adjacent to an activating group) is 1. The van der Waals surface area contributed by atoms with Crippen LogP contribution >= 0.6 is 15.9 Å². The largest absolute Gasteiger partial charge is 0.369 e. The van der Waals surface area contributed by atoms with Crippen molar-refractivity contribution in [2.24, 2.45) is 0 Å². The lowest BCUT2D eigenvalue weighted by Gasteiger charge is -2.41. The van der Waals surface area contributed by atoms with E-state index >= 15 is 0 Å². The first-order valence-electron chi connectivity index (χ1n) is 8.18. The van der Waals surface area contributed by atoms with Crippen LogP contribution in [0.2, 0.25) is 0 Å². The van der Waals surface area contributed by atoms with E-state index in [1.165, 1.54) is 6.33 Å². The van der Waals surface area contributed by atoms with Gasteiger partial charge in [-0.3, -0.25) is 9.69 Å². The fraction of sp³-hybridized carbons (Fsp3) is 0.688. The molecule has 1 aliphatic heterocycles. The molecular weight excluding hydrogens is 358 g/mol. The van der Waals surface area contributed by atoms with Gasteiger partial charge in [0.25, 0.3) is 0 Å². The number of aromatic nitrogens is 2. The Morgan fingerprint density at radius 1 is 1.52 bits per heavy atom. The summed E-state index contributed by atoms with van der Waals surface area (Å²) < 4.78 is 0.859. The molecule has 1 aromatic rings. The van der Waals surface area contributed by atoms with Crippen molar-refractivity contribution in [1.82, 2.24) is 20.2 Å². The number of carbonyl (C=O) groups excluding carboxylic acids is 1. The Kier molecular flexibility index (Phi) is 6.35. The number of halogens is 1. The number of anilines is 1. The van der Waals surface area contributed by atoms with E-state index in [4.69, 9.17) is 0 Å². The second-order valence-corrected chi connectivity index (χ2v) is 7.41. The van der Waals surface area contributed by atoms with E-state index in [-0.39, 0.29) is 17.5 Å². The molecule has 2 heterocycles. The number of hydrogen-bond donors (Lipinski definition) is 2. The lowest BCUT2D eigenvalue weighted by Crippen LogP contribution is -2.59. The molecule has 1 unspecified atom stereocenters. The Labute approximate surface area is 146 Å². The molecule has 0 saturated carbocycles. The van der Waals surface area contributed by atoms with Crippen LogP contribution in [0.1, 0.15) is 40.0 Å². The van der Waals surface area contributed by atoms with Crippen LogP contribution in [-0.4, -0.2) is 52.0 Å². The molecule has 0 radical (unpaired) electrons. The normalized spacial score (nSPS) is 18.3. The zero-order chi connectivity index (χ0) is 16.9. The van der Waals surface area contributed by atoms with Gasteiger partial charge >= 0.3 is 0 Å². The van der Waals surface area contributed by atoms with Crippen molar-refractivity contribution in [1.29, 1.82) is 0 Å². The van der Waals surface area contributed by atoms with E-state index in [1.807, 2.05) is 0 Å². The third kappa shape index (κ3) is 5.14. The summed E-state index contributed by atoms with van der Waals surface area (Å²) >= 11 is 3.41. The molecule has 0 spiro atoms. The number of hydrogen-bond acceptors (Lipinski definition) is 5. The summed E-state index contributed by atoms with van der Waals surface area (Å²) in [4.78, 5) is 22.6. The van der Waals surface area contributed by atoms with Crippen molar-refractivity contribution in [3.63, 3.8) is 0 Å². The van der Waals surface area contributed by atoms with E-state index in [1.54, 1.807) is 6.20 Å². The van der Waals surface area contributed by atoms with Crippen LogP contribution < -0.4 is 10.6 Å². The standard InChI is InChI=1S/C16H26BrN5O/c1-4-22-9-6-13(22)15(23)21-16(2,3)7-5-8-19-14-12(17)10-18-11-20-14/h10-11,13H,4-9H2,1-3H3,(H,21,23)(H,18,19,20). The van der Waals surface area contributed by atoms with Crippen LogP contribution in [0, 0.1) is 0 Å². The zero-order valence-electron chi connectivity index (χ0n) is 14.1. The van der Waals surface area contributed by atoms with Gasteiger partial charge in [-0.2, -0.15) is 0 Å². The first kappa shape index (κ1) is 18.1. The maximum absolute atomic E-state index is 12.3. The molecule has 2 N–H and O–H groups in total. The molecule has 1 saturated heterocycles. The van der Waals surface area contributed by atoms with Crippen LogP contribution in [0.25, 0.3) is 0 Å². The highest BCUT2D eigenvalue weighted by molar-refractivity contribution is 9.10. The zero-order valence-corrected chi connectivity index (χ0v) is 15.7. The van der Waals surface area contributed by atoms with E-state index in [2.05, 4.69) is 62.2 Å². The monoisotopic (exact) mass is 383 g/mol. The highest BCUT2D eigenvalue weighted by atomic mass is 79.9. The fourth-order valence-electron chi connectivity index (χ4n) is 2.78. The molecule has 1 aromatic heterocycles. The van der Waals surface area contributed by atoms with Crippen molar-refractivity contribution in [2.75, 3.05) is 25.0 Å². The van der Waals surface area contributed by atoms with Crippen molar-refractivity contribution in [2.45, 2.75) is 51.6 Å². The summed E-state index contributed by atoms with van der Waals surface area (Å²) in [7, 11) is 0. The smallest absolute Gasteiger partial charge is 0.237 e. The number of nitrogens with one attached hydrogen (secondary N) is 2. The number of rotatable bonds is 8. The fourth-order valence-corrected chi connectivity index (χ4v) is 3.14. The Balaban J connectivity index is 1.71. The minimum atomic E-state index is -0.198. The number of likely N-dealkylation sites (tertiary alicyclic amines) is 1. The molecule has 1 fully saturated rings. The van der Waals surface area contributed by atoms with Gasteiger partial charge in [0.05, 0.1) is 10.5 Å². The van der Waals surface area contributed by atoms with Crippen molar-refractivity contribution < 1.29 is 4.79 Å². The predicted octanol–water partition coefficient (Wildman–Crippen LogP) is 2.42. The molecule has 1 amide bonds. The average Bonchev–Trinajstić information content (AvgIpc) is 2.44. The van der Waals surface area contributed by atoms with Crippen LogP contribution in [0.5, 0.6) is 0 Å². The van der Waals surface area contributed by atoms with E-state index in [0.717, 1.165) is 49.2 Å². The second kappa shape index (κ2) is 8.06. The number of amides is 1. The quantitative estimate of drug-likeness (QED) is 0.674. The molecule has 1 atom stereocenters. The summed E-state index contributed by atoms with van der Waals surface area (Å²) in [6, 6.07) is 0.0642. The molecule has 0 bridgehead atoms. The molecule has 128 valence electrons. The molecule has 6 nitrogen and oxygen atoms in total. The molecule has 23 heavy (non-hydrogen) atoms. The van der Waals surface area contributed by atoms with Gasteiger partial charge in [0.2, 0.25) is 5.91 Å². The maximum Gasteiger partial charge on any atom is 0.237 e. The molecule has 0 aliphatic carbocycles. The lowest BCUT2D eigenvalue weighted by atomic mass is 9.95. The predicted molar refractivity (Wildman–Crippen MR) is 95.3 cm³/mol. The van der Waals surface area contributed by atoms with Gasteiger partial charge in [0.15, 0.2) is 0 Å². The topological polar surface area (TPSA) is 70.2 Å². The van der Waals surface area contributed by atoms with E-state index < -0.39 is 0 Å². The average molecular weight is 384 g/mol. The van der Waals surface area contributed by atoms with Gasteiger partial charge in [0.1, 0.15) is 12.1 Å². The summed E-state index contributed by atoms with van der Waals surface area (Å²) in [6.45, 7) is 9.05. The van der Waals surface area contributed by atoms with Crippen molar-refractivity contribution in [3.8, 4) is 0 Å². The van der Waals surface area contributed by atoms with E-state index in [9.17, 15) is 4.79 Å². The van der Waals surface area contributed by atoms with Gasteiger partial charge in [-0.1, -0.05) is 6.92 Å². The molecule has 2 rings (SSSR count). The first-order valence-corrected chi connectivity index (χ1v) is 8.97. The summed E-state index contributed by atoms with van der Waals surface area (Å²) in [5.74, 6) is 0.963. The Morgan fingerprint density at radius 3 is 2.91 bits per heavy atom. The Hall–Kier alpha value is -1.21. The van der Waals surface area contributed by atoms with Crippen molar-refractivity contribution >= 4 is 27.7 Å². The van der Waals surface area contributed by atoms with Gasteiger partial charge in [-0.05, 0) is 55.6 Å².